The van der Waals surface area contributed by atoms with Gasteiger partial charge < -0.3 is 10.1 Å². The van der Waals surface area contributed by atoms with Crippen LogP contribution in [0.25, 0.3) is 0 Å². The summed E-state index contributed by atoms with van der Waals surface area (Å²) in [4.78, 5) is 12.7. The van der Waals surface area contributed by atoms with Gasteiger partial charge in [0.05, 0.1) is 17.7 Å². The van der Waals surface area contributed by atoms with E-state index in [-0.39, 0.29) is 22.5 Å². The summed E-state index contributed by atoms with van der Waals surface area (Å²) >= 11 is 0. The SMILES string of the molecule is COc1ccc(S(=O)(=O)N[C@@H](C)CCc2ccccc2)cc1NC(=O)c1ccc(C)cc1. The Morgan fingerprint density at radius 1 is 1.00 bits per heavy atom. The summed E-state index contributed by atoms with van der Waals surface area (Å²) < 4.78 is 33.9. The molecule has 0 spiro atoms. The molecule has 0 aliphatic heterocycles. The minimum atomic E-state index is -3.77. The molecule has 3 aromatic rings. The van der Waals surface area contributed by atoms with Crippen LogP contribution < -0.4 is 14.8 Å². The number of benzene rings is 3. The van der Waals surface area contributed by atoms with Crippen LogP contribution in [0.15, 0.2) is 77.7 Å². The van der Waals surface area contributed by atoms with Crippen molar-refractivity contribution in [1.29, 1.82) is 0 Å². The van der Waals surface area contributed by atoms with Crippen LogP contribution in [0.1, 0.15) is 34.8 Å². The zero-order chi connectivity index (χ0) is 23.1. The van der Waals surface area contributed by atoms with E-state index in [4.69, 9.17) is 4.74 Å². The summed E-state index contributed by atoms with van der Waals surface area (Å²) in [6.45, 7) is 3.77. The number of nitrogens with one attached hydrogen (secondary N) is 2. The first-order valence-corrected chi connectivity index (χ1v) is 11.9. The maximum absolute atomic E-state index is 12.9. The zero-order valence-corrected chi connectivity index (χ0v) is 19.3. The van der Waals surface area contributed by atoms with Gasteiger partial charge in [-0.3, -0.25) is 4.79 Å². The van der Waals surface area contributed by atoms with Crippen molar-refractivity contribution in [3.8, 4) is 5.75 Å². The Hall–Kier alpha value is -3.16. The van der Waals surface area contributed by atoms with Crippen molar-refractivity contribution in [2.45, 2.75) is 37.6 Å². The molecule has 2 N–H and O–H groups in total. The Labute approximate surface area is 189 Å². The minimum absolute atomic E-state index is 0.0593. The summed E-state index contributed by atoms with van der Waals surface area (Å²) in [5.41, 5.74) is 2.96. The van der Waals surface area contributed by atoms with Gasteiger partial charge in [-0.05, 0) is 62.6 Å². The number of aryl methyl sites for hydroxylation is 2. The summed E-state index contributed by atoms with van der Waals surface area (Å²) in [6, 6.07) is 21.2. The van der Waals surface area contributed by atoms with Crippen molar-refractivity contribution < 1.29 is 17.9 Å². The van der Waals surface area contributed by atoms with Crippen LogP contribution in [-0.2, 0) is 16.4 Å². The molecule has 0 heterocycles. The molecule has 1 atom stereocenters. The second-order valence-corrected chi connectivity index (χ2v) is 9.44. The van der Waals surface area contributed by atoms with Crippen LogP contribution in [0.2, 0.25) is 0 Å². The molecule has 7 heteroatoms. The predicted octanol–water partition coefficient (Wildman–Crippen LogP) is 4.56. The quantitative estimate of drug-likeness (QED) is 0.499. The number of rotatable bonds is 9. The van der Waals surface area contributed by atoms with E-state index in [9.17, 15) is 13.2 Å². The van der Waals surface area contributed by atoms with Gasteiger partial charge in [-0.25, -0.2) is 13.1 Å². The fourth-order valence-electron chi connectivity index (χ4n) is 3.27. The van der Waals surface area contributed by atoms with Crippen molar-refractivity contribution in [2.24, 2.45) is 0 Å². The third kappa shape index (κ3) is 6.18. The van der Waals surface area contributed by atoms with Gasteiger partial charge in [0.15, 0.2) is 0 Å². The van der Waals surface area contributed by atoms with E-state index in [1.165, 1.54) is 25.3 Å². The Balaban J connectivity index is 1.73. The number of carbonyl (C=O) groups is 1. The molecule has 32 heavy (non-hydrogen) atoms. The van der Waals surface area contributed by atoms with E-state index in [1.807, 2.05) is 56.3 Å². The lowest BCUT2D eigenvalue weighted by atomic mass is 10.1. The number of sulfonamides is 1. The monoisotopic (exact) mass is 452 g/mol. The van der Waals surface area contributed by atoms with E-state index >= 15 is 0 Å². The van der Waals surface area contributed by atoms with Crippen LogP contribution >= 0.6 is 0 Å². The lowest BCUT2D eigenvalue weighted by molar-refractivity contribution is 0.102. The third-order valence-electron chi connectivity index (χ3n) is 5.11. The van der Waals surface area contributed by atoms with E-state index in [0.29, 0.717) is 17.7 Å². The molecule has 0 bridgehead atoms. The molecule has 168 valence electrons. The molecule has 0 saturated carbocycles. The Morgan fingerprint density at radius 3 is 2.34 bits per heavy atom. The van der Waals surface area contributed by atoms with Gasteiger partial charge in [-0.2, -0.15) is 0 Å². The molecule has 0 aliphatic carbocycles. The summed E-state index contributed by atoms with van der Waals surface area (Å²) in [5, 5.41) is 2.75. The van der Waals surface area contributed by atoms with Gasteiger partial charge in [0.25, 0.3) is 5.91 Å². The van der Waals surface area contributed by atoms with Gasteiger partial charge in [-0.1, -0.05) is 48.0 Å². The molecular formula is C25H28N2O4S. The predicted molar refractivity (Wildman–Crippen MR) is 127 cm³/mol. The van der Waals surface area contributed by atoms with Crippen molar-refractivity contribution in [3.05, 3.63) is 89.5 Å². The molecule has 0 radical (unpaired) electrons. The second-order valence-electron chi connectivity index (χ2n) is 7.73. The lowest BCUT2D eigenvalue weighted by Crippen LogP contribution is -2.33. The first-order chi connectivity index (χ1) is 15.3. The van der Waals surface area contributed by atoms with Crippen LogP contribution in [-0.4, -0.2) is 27.5 Å². The van der Waals surface area contributed by atoms with Gasteiger partial charge in [-0.15, -0.1) is 0 Å². The van der Waals surface area contributed by atoms with Gasteiger partial charge in [0.1, 0.15) is 5.75 Å². The number of hydrogen-bond donors (Lipinski definition) is 2. The van der Waals surface area contributed by atoms with Crippen molar-refractivity contribution in [1.82, 2.24) is 4.72 Å². The molecule has 3 aromatic carbocycles. The first kappa shape index (κ1) is 23.5. The zero-order valence-electron chi connectivity index (χ0n) is 18.5. The normalized spacial score (nSPS) is 12.2. The minimum Gasteiger partial charge on any atom is -0.495 e. The molecule has 1 amide bonds. The highest BCUT2D eigenvalue weighted by Gasteiger charge is 2.20. The number of anilines is 1. The first-order valence-electron chi connectivity index (χ1n) is 10.4. The van der Waals surface area contributed by atoms with Crippen LogP contribution in [0, 0.1) is 6.92 Å². The Morgan fingerprint density at radius 2 is 1.69 bits per heavy atom. The molecule has 3 rings (SSSR count). The average molecular weight is 453 g/mol. The average Bonchev–Trinajstić information content (AvgIpc) is 2.78. The highest BCUT2D eigenvalue weighted by Crippen LogP contribution is 2.28. The summed E-state index contributed by atoms with van der Waals surface area (Å²) in [7, 11) is -2.31. The maximum atomic E-state index is 12.9. The Kier molecular flexibility index (Phi) is 7.66. The van der Waals surface area contributed by atoms with E-state index < -0.39 is 10.0 Å². The van der Waals surface area contributed by atoms with E-state index in [1.54, 1.807) is 12.1 Å². The number of methoxy groups -OCH3 is 1. The summed E-state index contributed by atoms with van der Waals surface area (Å²) in [5.74, 6) is 0.0311. The number of ether oxygens (including phenoxy) is 1. The van der Waals surface area contributed by atoms with Crippen molar-refractivity contribution in [3.63, 3.8) is 0 Å². The number of hydrogen-bond acceptors (Lipinski definition) is 4. The maximum Gasteiger partial charge on any atom is 0.255 e. The molecule has 0 aromatic heterocycles. The Bertz CT molecular complexity index is 1160. The van der Waals surface area contributed by atoms with Gasteiger partial charge in [0.2, 0.25) is 10.0 Å². The second kappa shape index (κ2) is 10.4. The fourth-order valence-corrected chi connectivity index (χ4v) is 4.57. The highest BCUT2D eigenvalue weighted by molar-refractivity contribution is 7.89. The van der Waals surface area contributed by atoms with Gasteiger partial charge in [0, 0.05) is 11.6 Å². The van der Waals surface area contributed by atoms with E-state index in [0.717, 1.165) is 17.5 Å². The smallest absolute Gasteiger partial charge is 0.255 e. The molecule has 0 unspecified atom stereocenters. The molecule has 0 saturated heterocycles. The molecule has 0 aliphatic rings. The van der Waals surface area contributed by atoms with E-state index in [2.05, 4.69) is 10.0 Å². The third-order valence-corrected chi connectivity index (χ3v) is 6.70. The lowest BCUT2D eigenvalue weighted by Gasteiger charge is -2.16. The topological polar surface area (TPSA) is 84.5 Å². The fraction of sp³-hybridized carbons (Fsp3) is 0.240. The molecule has 6 nitrogen and oxygen atoms in total. The van der Waals surface area contributed by atoms with Crippen LogP contribution in [0.5, 0.6) is 5.75 Å². The van der Waals surface area contributed by atoms with Crippen LogP contribution in [0.3, 0.4) is 0 Å². The van der Waals surface area contributed by atoms with Crippen molar-refractivity contribution >= 4 is 21.6 Å². The number of amides is 1. The van der Waals surface area contributed by atoms with Crippen LogP contribution in [0.4, 0.5) is 5.69 Å². The van der Waals surface area contributed by atoms with Gasteiger partial charge >= 0.3 is 0 Å². The van der Waals surface area contributed by atoms with Crippen molar-refractivity contribution in [2.75, 3.05) is 12.4 Å². The summed E-state index contributed by atoms with van der Waals surface area (Å²) in [6.07, 6.45) is 1.43. The number of carbonyl (C=O) groups excluding carboxylic acids is 1. The molecular weight excluding hydrogens is 424 g/mol. The molecule has 0 fully saturated rings. The highest BCUT2D eigenvalue weighted by atomic mass is 32.2. The largest absolute Gasteiger partial charge is 0.495 e. The standard InChI is InChI=1S/C25H28N2O4S/c1-18-9-13-21(14-10-18)25(28)26-23-17-22(15-16-24(23)31-3)32(29,30)27-19(2)11-12-20-7-5-4-6-8-20/h4-10,13-17,19,27H,11-12H2,1-3H3,(H,26,28)/t19-/m0/s1.